The zero-order chi connectivity index (χ0) is 25.1. The monoisotopic (exact) mass is 485 g/mol. The molecule has 1 aliphatic rings. The molecule has 2 aromatic carbocycles. The minimum atomic E-state index is -0.411. The van der Waals surface area contributed by atoms with Crippen molar-refractivity contribution in [3.05, 3.63) is 71.4 Å². The number of nitrogens with one attached hydrogen (secondary N) is 3. The second-order valence-corrected chi connectivity index (χ2v) is 8.67. The van der Waals surface area contributed by atoms with Crippen LogP contribution in [0.2, 0.25) is 0 Å². The van der Waals surface area contributed by atoms with Gasteiger partial charge in [-0.3, -0.25) is 9.59 Å². The number of carbonyl (C=O) groups is 2. The number of aromatic nitrogens is 3. The van der Waals surface area contributed by atoms with Gasteiger partial charge < -0.3 is 25.1 Å². The molecular weight excluding hydrogens is 458 g/mol. The van der Waals surface area contributed by atoms with E-state index in [0.717, 1.165) is 24.0 Å². The maximum atomic E-state index is 13.4. The fourth-order valence-electron chi connectivity index (χ4n) is 4.07. The van der Waals surface area contributed by atoms with Crippen LogP contribution in [-0.4, -0.2) is 54.1 Å². The SMILES string of the molecule is COCCNC(=O)c1cc2[nH]c(-c3ccccc3)nc2cc1NC(=O)c1cc(C2CC2)cnc1OC. The summed E-state index contributed by atoms with van der Waals surface area (Å²) in [6.45, 7) is 0.703. The fraction of sp³-hybridized carbons (Fsp3) is 0.259. The van der Waals surface area contributed by atoms with Crippen LogP contribution >= 0.6 is 0 Å². The van der Waals surface area contributed by atoms with Gasteiger partial charge in [0.15, 0.2) is 0 Å². The van der Waals surface area contributed by atoms with Crippen molar-refractivity contribution in [3.63, 3.8) is 0 Å². The van der Waals surface area contributed by atoms with Crippen LogP contribution in [0.25, 0.3) is 22.4 Å². The van der Waals surface area contributed by atoms with Crippen LogP contribution in [0.5, 0.6) is 5.88 Å². The average Bonchev–Trinajstić information content (AvgIpc) is 3.67. The molecule has 3 N–H and O–H groups in total. The Balaban J connectivity index is 1.52. The van der Waals surface area contributed by atoms with Gasteiger partial charge >= 0.3 is 0 Å². The van der Waals surface area contributed by atoms with Gasteiger partial charge in [0.1, 0.15) is 11.4 Å². The van der Waals surface area contributed by atoms with Gasteiger partial charge in [-0.2, -0.15) is 0 Å². The Morgan fingerprint density at radius 2 is 1.86 bits per heavy atom. The van der Waals surface area contributed by atoms with Gasteiger partial charge in [0.25, 0.3) is 11.8 Å². The molecule has 2 amide bonds. The van der Waals surface area contributed by atoms with E-state index < -0.39 is 5.91 Å². The Labute approximate surface area is 208 Å². The molecule has 0 atom stereocenters. The lowest BCUT2D eigenvalue weighted by molar-refractivity contribution is 0.0938. The molecule has 0 saturated heterocycles. The average molecular weight is 486 g/mol. The van der Waals surface area contributed by atoms with E-state index in [9.17, 15) is 9.59 Å². The number of anilines is 1. The number of pyridine rings is 1. The van der Waals surface area contributed by atoms with E-state index in [2.05, 4.69) is 25.6 Å². The van der Waals surface area contributed by atoms with Crippen LogP contribution in [0.1, 0.15) is 45.0 Å². The van der Waals surface area contributed by atoms with Crippen molar-refractivity contribution in [1.29, 1.82) is 0 Å². The first-order valence-corrected chi connectivity index (χ1v) is 11.8. The second-order valence-electron chi connectivity index (χ2n) is 8.67. The van der Waals surface area contributed by atoms with Crippen LogP contribution in [0.3, 0.4) is 0 Å². The highest BCUT2D eigenvalue weighted by Gasteiger charge is 2.27. The highest BCUT2D eigenvalue weighted by Crippen LogP contribution is 2.40. The lowest BCUT2D eigenvalue weighted by Crippen LogP contribution is -2.28. The summed E-state index contributed by atoms with van der Waals surface area (Å²) < 4.78 is 10.4. The Hall–Kier alpha value is -4.24. The standard InChI is InChI=1S/C27H27N5O4/c1-35-11-10-28-25(33)19-13-22-23(31-24(30-22)17-6-4-3-5-7-17)14-21(19)32-26(34)20-12-18(16-8-9-16)15-29-27(20)36-2/h3-7,12-16H,8-11H2,1-2H3,(H,28,33)(H,30,31)(H,32,34). The Morgan fingerprint density at radius 1 is 1.06 bits per heavy atom. The van der Waals surface area contributed by atoms with Gasteiger partial charge in [-0.1, -0.05) is 30.3 Å². The van der Waals surface area contributed by atoms with E-state index >= 15 is 0 Å². The minimum Gasteiger partial charge on any atom is -0.480 e. The van der Waals surface area contributed by atoms with E-state index in [-0.39, 0.29) is 11.8 Å². The maximum Gasteiger partial charge on any atom is 0.261 e. The number of H-pyrrole nitrogens is 1. The first-order valence-electron chi connectivity index (χ1n) is 11.8. The molecule has 9 heteroatoms. The van der Waals surface area contributed by atoms with Crippen LogP contribution in [0.4, 0.5) is 5.69 Å². The number of nitrogens with zero attached hydrogens (tertiary/aromatic N) is 2. The highest BCUT2D eigenvalue weighted by molar-refractivity contribution is 6.11. The normalized spacial score (nSPS) is 12.9. The predicted octanol–water partition coefficient (Wildman–Crippen LogP) is 4.14. The van der Waals surface area contributed by atoms with Gasteiger partial charge in [-0.15, -0.1) is 0 Å². The molecule has 1 fully saturated rings. The number of carbonyl (C=O) groups excluding carboxylic acids is 2. The van der Waals surface area contributed by atoms with Crippen molar-refractivity contribution in [2.75, 3.05) is 32.7 Å². The van der Waals surface area contributed by atoms with Crippen molar-refractivity contribution in [2.45, 2.75) is 18.8 Å². The third-order valence-corrected chi connectivity index (χ3v) is 6.11. The number of aromatic amines is 1. The summed E-state index contributed by atoms with van der Waals surface area (Å²) >= 11 is 0. The number of benzene rings is 2. The van der Waals surface area contributed by atoms with Crippen LogP contribution in [0, 0.1) is 0 Å². The Kier molecular flexibility index (Phi) is 6.64. The minimum absolute atomic E-state index is 0.232. The summed E-state index contributed by atoms with van der Waals surface area (Å²) in [5.41, 5.74) is 4.19. The van der Waals surface area contributed by atoms with Gasteiger partial charge in [0, 0.05) is 25.4 Å². The molecule has 4 aromatic rings. The van der Waals surface area contributed by atoms with Crippen LogP contribution in [0.15, 0.2) is 54.7 Å². The van der Waals surface area contributed by atoms with Crippen molar-refractivity contribution in [1.82, 2.24) is 20.3 Å². The Morgan fingerprint density at radius 3 is 2.58 bits per heavy atom. The number of hydrogen-bond acceptors (Lipinski definition) is 6. The third-order valence-electron chi connectivity index (χ3n) is 6.11. The van der Waals surface area contributed by atoms with E-state index in [0.29, 0.717) is 52.7 Å². The zero-order valence-electron chi connectivity index (χ0n) is 20.1. The first-order chi connectivity index (χ1) is 17.6. The molecule has 36 heavy (non-hydrogen) atoms. The van der Waals surface area contributed by atoms with Crippen LogP contribution < -0.4 is 15.4 Å². The van der Waals surface area contributed by atoms with E-state index in [1.807, 2.05) is 36.4 Å². The topological polar surface area (TPSA) is 118 Å². The van der Waals surface area contributed by atoms with Crippen molar-refractivity contribution in [2.24, 2.45) is 0 Å². The highest BCUT2D eigenvalue weighted by atomic mass is 16.5. The third kappa shape index (κ3) is 4.92. The molecule has 2 aromatic heterocycles. The molecule has 0 spiro atoms. The lowest BCUT2D eigenvalue weighted by atomic mass is 10.1. The molecule has 0 aliphatic heterocycles. The van der Waals surface area contributed by atoms with Gasteiger partial charge in [-0.05, 0) is 42.5 Å². The van der Waals surface area contributed by atoms with Crippen molar-refractivity contribution < 1.29 is 19.1 Å². The first kappa shape index (κ1) is 23.5. The summed E-state index contributed by atoms with van der Waals surface area (Å²) in [7, 11) is 3.04. The second kappa shape index (κ2) is 10.2. The Bertz CT molecular complexity index is 1410. The number of rotatable bonds is 9. The van der Waals surface area contributed by atoms with Crippen molar-refractivity contribution in [3.8, 4) is 17.3 Å². The summed E-state index contributed by atoms with van der Waals surface area (Å²) in [5, 5.41) is 5.72. The summed E-state index contributed by atoms with van der Waals surface area (Å²) in [4.78, 5) is 38.7. The molecule has 9 nitrogen and oxygen atoms in total. The zero-order valence-corrected chi connectivity index (χ0v) is 20.1. The van der Waals surface area contributed by atoms with Crippen LogP contribution in [-0.2, 0) is 4.74 Å². The number of fused-ring (bicyclic) bond motifs is 1. The summed E-state index contributed by atoms with van der Waals surface area (Å²) in [6, 6.07) is 14.9. The number of hydrogen-bond donors (Lipinski definition) is 3. The van der Waals surface area contributed by atoms with Gasteiger partial charge in [0.2, 0.25) is 5.88 Å². The quantitative estimate of drug-likeness (QED) is 0.307. The number of imidazole rings is 1. The van der Waals surface area contributed by atoms with Crippen molar-refractivity contribution >= 4 is 28.5 Å². The predicted molar refractivity (Wildman–Crippen MR) is 136 cm³/mol. The number of methoxy groups -OCH3 is 2. The maximum absolute atomic E-state index is 13.4. The fourth-order valence-corrected chi connectivity index (χ4v) is 4.07. The van der Waals surface area contributed by atoms with Gasteiger partial charge in [-0.25, -0.2) is 9.97 Å². The largest absolute Gasteiger partial charge is 0.480 e. The molecule has 2 heterocycles. The molecule has 5 rings (SSSR count). The smallest absolute Gasteiger partial charge is 0.261 e. The number of amides is 2. The van der Waals surface area contributed by atoms with Gasteiger partial charge in [0.05, 0.1) is 36.0 Å². The molecule has 0 bridgehead atoms. The molecular formula is C27H27N5O4. The number of ether oxygens (including phenoxy) is 2. The van der Waals surface area contributed by atoms with E-state index in [1.165, 1.54) is 7.11 Å². The molecule has 1 saturated carbocycles. The summed E-state index contributed by atoms with van der Waals surface area (Å²) in [5.74, 6) is 0.579. The van der Waals surface area contributed by atoms with E-state index in [1.54, 1.807) is 25.4 Å². The lowest BCUT2D eigenvalue weighted by Gasteiger charge is -2.13. The molecule has 0 unspecified atom stereocenters. The summed E-state index contributed by atoms with van der Waals surface area (Å²) in [6.07, 6.45) is 3.92. The van der Waals surface area contributed by atoms with E-state index in [4.69, 9.17) is 9.47 Å². The molecule has 184 valence electrons. The molecule has 1 aliphatic carbocycles. The molecule has 0 radical (unpaired) electrons.